The molecule has 2 aromatic heterocycles. The second-order valence-corrected chi connectivity index (χ2v) is 9.32. The summed E-state index contributed by atoms with van der Waals surface area (Å²) in [6.07, 6.45) is -5.22. The van der Waals surface area contributed by atoms with Crippen LogP contribution >= 0.6 is 11.3 Å². The van der Waals surface area contributed by atoms with Crippen LogP contribution in [0.1, 0.15) is 18.9 Å². The van der Waals surface area contributed by atoms with Crippen molar-refractivity contribution in [1.82, 2.24) is 14.7 Å². The SMILES string of the molecule is C[C@@H]1CN(Cc2cnn(C)c2)C[C@]12CCN(c1ccsc1)C2=O.O=C(O)C(F)(F)F.O=C(O)C(F)(F)F. The van der Waals surface area contributed by atoms with Gasteiger partial charge in [-0.05, 0) is 23.8 Å². The number of thiophene rings is 1. The van der Waals surface area contributed by atoms with Gasteiger partial charge in [0.05, 0.1) is 17.3 Å². The number of hydrogen-bond donors (Lipinski definition) is 2. The summed E-state index contributed by atoms with van der Waals surface area (Å²) in [6.45, 7) is 5.81. The number of aryl methyl sites for hydroxylation is 1. The van der Waals surface area contributed by atoms with E-state index < -0.39 is 24.3 Å². The van der Waals surface area contributed by atoms with Crippen LogP contribution in [0.5, 0.6) is 0 Å². The molecular weight excluding hydrogens is 534 g/mol. The molecule has 0 unspecified atom stereocenters. The number of amides is 1. The molecule has 2 fully saturated rings. The number of rotatable bonds is 3. The predicted octanol–water partition coefficient (Wildman–Crippen LogP) is 3.62. The summed E-state index contributed by atoms with van der Waals surface area (Å²) in [6, 6.07) is 2.05. The highest BCUT2D eigenvalue weighted by molar-refractivity contribution is 7.08. The number of halogens is 6. The standard InChI is InChI=1S/C17H22N4OS.2C2HF3O2/c1-13-8-20(10-14-7-18-19(2)9-14)12-17(13)4-5-21(16(17)22)15-3-6-23-11-15;2*3-2(4,5)1(6)7/h3,6-7,9,11,13H,4-5,8,10,12H2,1-2H3;2*(H,6,7)/t13-,17-;;/m1../s1. The van der Waals surface area contributed by atoms with E-state index in [1.807, 2.05) is 28.2 Å². The van der Waals surface area contributed by atoms with Crippen LogP contribution in [0.4, 0.5) is 32.0 Å². The van der Waals surface area contributed by atoms with Crippen LogP contribution in [-0.4, -0.2) is 74.7 Å². The molecule has 9 nitrogen and oxygen atoms in total. The van der Waals surface area contributed by atoms with Crippen molar-refractivity contribution in [3.05, 3.63) is 34.8 Å². The highest BCUT2D eigenvalue weighted by atomic mass is 32.1. The van der Waals surface area contributed by atoms with E-state index in [1.165, 1.54) is 5.56 Å². The lowest BCUT2D eigenvalue weighted by Gasteiger charge is -2.26. The number of carbonyl (C=O) groups excluding carboxylic acids is 1. The number of anilines is 1. The fraction of sp³-hybridized carbons (Fsp3) is 0.524. The van der Waals surface area contributed by atoms with Gasteiger partial charge in [-0.2, -0.15) is 42.8 Å². The minimum Gasteiger partial charge on any atom is -0.475 e. The largest absolute Gasteiger partial charge is 0.490 e. The molecule has 2 saturated heterocycles. The monoisotopic (exact) mass is 558 g/mol. The van der Waals surface area contributed by atoms with Crippen LogP contribution in [0.3, 0.4) is 0 Å². The van der Waals surface area contributed by atoms with Crippen molar-refractivity contribution in [3.63, 3.8) is 0 Å². The van der Waals surface area contributed by atoms with Gasteiger partial charge in [-0.15, -0.1) is 0 Å². The molecular formula is C21H24F6N4O5S. The maximum atomic E-state index is 13.1. The molecule has 206 valence electrons. The summed E-state index contributed by atoms with van der Waals surface area (Å²) >= 11 is 1.65. The normalized spacial score (nSPS) is 21.9. The fourth-order valence-corrected chi connectivity index (χ4v) is 4.81. The number of aliphatic carboxylic acids is 2. The van der Waals surface area contributed by atoms with Gasteiger partial charge < -0.3 is 15.1 Å². The Balaban J connectivity index is 0.000000286. The fourth-order valence-electron chi connectivity index (χ4n) is 4.16. The molecule has 2 aliphatic heterocycles. The quantitative estimate of drug-likeness (QED) is 0.553. The van der Waals surface area contributed by atoms with Crippen LogP contribution in [0, 0.1) is 11.3 Å². The number of nitrogens with zero attached hydrogens (tertiary/aromatic N) is 4. The van der Waals surface area contributed by atoms with Crippen LogP contribution in [-0.2, 0) is 28.0 Å². The Kier molecular flexibility index (Phi) is 9.35. The van der Waals surface area contributed by atoms with E-state index in [2.05, 4.69) is 34.6 Å². The average molecular weight is 559 g/mol. The summed E-state index contributed by atoms with van der Waals surface area (Å²) in [5.74, 6) is -4.80. The molecule has 2 aliphatic rings. The van der Waals surface area contributed by atoms with Crippen molar-refractivity contribution in [2.75, 3.05) is 24.5 Å². The minimum atomic E-state index is -5.08. The molecule has 4 heterocycles. The predicted molar refractivity (Wildman–Crippen MR) is 119 cm³/mol. The van der Waals surface area contributed by atoms with E-state index >= 15 is 0 Å². The summed E-state index contributed by atoms with van der Waals surface area (Å²) < 4.78 is 65.3. The third-order valence-electron chi connectivity index (χ3n) is 5.90. The summed E-state index contributed by atoms with van der Waals surface area (Å²) in [7, 11) is 1.94. The number of carboxylic acids is 2. The number of aromatic nitrogens is 2. The van der Waals surface area contributed by atoms with Crippen molar-refractivity contribution in [2.24, 2.45) is 18.4 Å². The lowest BCUT2D eigenvalue weighted by atomic mass is 9.78. The zero-order chi connectivity index (χ0) is 28.2. The van der Waals surface area contributed by atoms with Crippen molar-refractivity contribution in [1.29, 1.82) is 0 Å². The molecule has 0 saturated carbocycles. The highest BCUT2D eigenvalue weighted by Crippen LogP contribution is 2.46. The molecule has 0 aromatic carbocycles. The lowest BCUT2D eigenvalue weighted by Crippen LogP contribution is -2.39. The number of carbonyl (C=O) groups is 3. The first-order valence-electron chi connectivity index (χ1n) is 10.6. The zero-order valence-corrected chi connectivity index (χ0v) is 20.4. The molecule has 1 spiro atoms. The molecule has 1 amide bonds. The van der Waals surface area contributed by atoms with Gasteiger partial charge in [-0.1, -0.05) is 6.92 Å². The zero-order valence-electron chi connectivity index (χ0n) is 19.6. The molecule has 37 heavy (non-hydrogen) atoms. The number of alkyl halides is 6. The van der Waals surface area contributed by atoms with E-state index in [1.54, 1.807) is 11.3 Å². The van der Waals surface area contributed by atoms with Crippen LogP contribution in [0.15, 0.2) is 29.2 Å². The van der Waals surface area contributed by atoms with Gasteiger partial charge in [0, 0.05) is 50.4 Å². The molecule has 2 aromatic rings. The Morgan fingerprint density at radius 2 is 1.73 bits per heavy atom. The molecule has 0 radical (unpaired) electrons. The average Bonchev–Trinajstić information content (AvgIpc) is 3.54. The second-order valence-electron chi connectivity index (χ2n) is 8.54. The maximum absolute atomic E-state index is 13.1. The lowest BCUT2D eigenvalue weighted by molar-refractivity contribution is -0.193. The first kappa shape index (κ1) is 30.1. The van der Waals surface area contributed by atoms with E-state index in [0.29, 0.717) is 11.8 Å². The van der Waals surface area contributed by atoms with E-state index in [9.17, 15) is 31.1 Å². The number of hydrogen-bond acceptors (Lipinski definition) is 6. The van der Waals surface area contributed by atoms with E-state index in [-0.39, 0.29) is 5.41 Å². The molecule has 2 atom stereocenters. The van der Waals surface area contributed by atoms with Crippen LogP contribution < -0.4 is 4.90 Å². The second kappa shape index (κ2) is 11.5. The Morgan fingerprint density at radius 3 is 2.16 bits per heavy atom. The summed E-state index contributed by atoms with van der Waals surface area (Å²) in [4.78, 5) is 35.3. The number of carboxylic acid groups (broad SMARTS) is 2. The van der Waals surface area contributed by atoms with Gasteiger partial charge in [0.15, 0.2) is 0 Å². The van der Waals surface area contributed by atoms with Crippen LogP contribution in [0.2, 0.25) is 0 Å². The van der Waals surface area contributed by atoms with E-state index in [0.717, 1.165) is 38.3 Å². The Hall–Kier alpha value is -3.14. The Bertz CT molecular complexity index is 1060. The Labute approximate surface area is 210 Å². The minimum absolute atomic E-state index is 0.204. The summed E-state index contributed by atoms with van der Waals surface area (Å²) in [5, 5.41) is 22.6. The third-order valence-corrected chi connectivity index (χ3v) is 6.57. The third kappa shape index (κ3) is 7.67. The Morgan fingerprint density at radius 1 is 1.16 bits per heavy atom. The van der Waals surface area contributed by atoms with Gasteiger partial charge in [-0.25, -0.2) is 9.59 Å². The van der Waals surface area contributed by atoms with Gasteiger partial charge in [0.2, 0.25) is 5.91 Å². The molecule has 4 rings (SSSR count). The maximum Gasteiger partial charge on any atom is 0.490 e. The van der Waals surface area contributed by atoms with Gasteiger partial charge >= 0.3 is 24.3 Å². The number of likely N-dealkylation sites (tertiary alicyclic amines) is 1. The van der Waals surface area contributed by atoms with Gasteiger partial charge in [0.1, 0.15) is 0 Å². The van der Waals surface area contributed by atoms with Gasteiger partial charge in [-0.3, -0.25) is 14.4 Å². The first-order valence-corrected chi connectivity index (χ1v) is 11.6. The summed E-state index contributed by atoms with van der Waals surface area (Å²) in [5.41, 5.74) is 2.08. The van der Waals surface area contributed by atoms with Gasteiger partial charge in [0.25, 0.3) is 0 Å². The van der Waals surface area contributed by atoms with Crippen molar-refractivity contribution in [3.8, 4) is 0 Å². The molecule has 0 aliphatic carbocycles. The molecule has 0 bridgehead atoms. The smallest absolute Gasteiger partial charge is 0.475 e. The molecule has 2 N–H and O–H groups in total. The molecule has 16 heteroatoms. The van der Waals surface area contributed by atoms with Crippen molar-refractivity contribution < 1.29 is 50.9 Å². The topological polar surface area (TPSA) is 116 Å². The van der Waals surface area contributed by atoms with Crippen LogP contribution in [0.25, 0.3) is 0 Å². The van der Waals surface area contributed by atoms with E-state index in [4.69, 9.17) is 19.8 Å². The van der Waals surface area contributed by atoms with Crippen molar-refractivity contribution in [2.45, 2.75) is 32.2 Å². The van der Waals surface area contributed by atoms with Crippen molar-refractivity contribution >= 4 is 34.9 Å². The first-order chi connectivity index (χ1) is 17.0. The highest BCUT2D eigenvalue weighted by Gasteiger charge is 2.55.